The highest BCUT2D eigenvalue weighted by Crippen LogP contribution is 2.16. The van der Waals surface area contributed by atoms with Crippen molar-refractivity contribution in [3.05, 3.63) is 52.8 Å². The summed E-state index contributed by atoms with van der Waals surface area (Å²) >= 11 is 6.14. The highest BCUT2D eigenvalue weighted by Gasteiger charge is 2.09. The fourth-order valence-corrected chi connectivity index (χ4v) is 2.53. The van der Waals surface area contributed by atoms with Crippen LogP contribution < -0.4 is 5.32 Å². The smallest absolute Gasteiger partial charge is 0.254 e. The molecule has 0 saturated carbocycles. The van der Waals surface area contributed by atoms with Crippen LogP contribution in [0.15, 0.2) is 36.7 Å². The Bertz CT molecular complexity index is 637. The lowest BCUT2D eigenvalue weighted by atomic mass is 10.2. The molecule has 5 nitrogen and oxygen atoms in total. The number of hydrogen-bond donors (Lipinski definition) is 1. The summed E-state index contributed by atoms with van der Waals surface area (Å²) in [6, 6.07) is 7.63. The minimum atomic E-state index is -0.0948. The van der Waals surface area contributed by atoms with E-state index in [-0.39, 0.29) is 5.91 Å². The molecule has 0 bridgehead atoms. The molecule has 0 fully saturated rings. The summed E-state index contributed by atoms with van der Waals surface area (Å²) in [5.74, 6) is -0.0948. The number of benzene rings is 1. The van der Waals surface area contributed by atoms with Gasteiger partial charge in [0, 0.05) is 24.3 Å². The first-order valence-corrected chi connectivity index (χ1v) is 8.28. The van der Waals surface area contributed by atoms with E-state index < -0.39 is 0 Å². The van der Waals surface area contributed by atoms with E-state index in [4.69, 9.17) is 11.6 Å². The number of nitrogens with one attached hydrogen (secondary N) is 1. The molecule has 1 aromatic heterocycles. The van der Waals surface area contributed by atoms with Crippen LogP contribution in [0.1, 0.15) is 29.8 Å². The number of amides is 1. The normalized spacial score (nSPS) is 11.0. The summed E-state index contributed by atoms with van der Waals surface area (Å²) in [6.07, 6.45) is 3.33. The van der Waals surface area contributed by atoms with E-state index in [1.807, 2.05) is 24.3 Å². The van der Waals surface area contributed by atoms with Gasteiger partial charge in [0.15, 0.2) is 0 Å². The Hall–Kier alpha value is -1.85. The number of hydrogen-bond acceptors (Lipinski definition) is 3. The van der Waals surface area contributed by atoms with Crippen LogP contribution in [-0.4, -0.2) is 46.8 Å². The standard InChI is InChI=1S/C17H23ClN4O/c1-3-21(4-2)10-9-19-17(23)15-11-20-22(13-15)12-14-7-5-6-8-16(14)18/h5-8,11,13H,3-4,9-10,12H2,1-2H3,(H,19,23). The first kappa shape index (κ1) is 17.5. The average Bonchev–Trinajstić information content (AvgIpc) is 3.02. The second-order valence-corrected chi connectivity index (χ2v) is 5.71. The van der Waals surface area contributed by atoms with Crippen LogP contribution in [0.2, 0.25) is 5.02 Å². The van der Waals surface area contributed by atoms with Crippen molar-refractivity contribution in [2.24, 2.45) is 0 Å². The van der Waals surface area contributed by atoms with E-state index in [1.54, 1.807) is 17.1 Å². The van der Waals surface area contributed by atoms with Crippen molar-refractivity contribution in [3.8, 4) is 0 Å². The summed E-state index contributed by atoms with van der Waals surface area (Å²) < 4.78 is 1.72. The lowest BCUT2D eigenvalue weighted by molar-refractivity contribution is 0.0949. The van der Waals surface area contributed by atoms with Crippen molar-refractivity contribution < 1.29 is 4.79 Å². The van der Waals surface area contributed by atoms with Gasteiger partial charge in [0.05, 0.1) is 18.3 Å². The molecular formula is C17H23ClN4O. The second-order valence-electron chi connectivity index (χ2n) is 5.30. The second kappa shape index (κ2) is 8.70. The minimum Gasteiger partial charge on any atom is -0.351 e. The number of likely N-dealkylation sites (N-methyl/N-ethyl adjacent to an activating group) is 1. The largest absolute Gasteiger partial charge is 0.351 e. The van der Waals surface area contributed by atoms with Crippen molar-refractivity contribution in [1.82, 2.24) is 20.0 Å². The molecule has 1 heterocycles. The van der Waals surface area contributed by atoms with Gasteiger partial charge in [0.2, 0.25) is 0 Å². The van der Waals surface area contributed by atoms with Crippen LogP contribution in [0, 0.1) is 0 Å². The number of carbonyl (C=O) groups excluding carboxylic acids is 1. The van der Waals surface area contributed by atoms with Crippen LogP contribution in [0.4, 0.5) is 0 Å². The van der Waals surface area contributed by atoms with Gasteiger partial charge in [0.25, 0.3) is 5.91 Å². The highest BCUT2D eigenvalue weighted by atomic mass is 35.5. The Morgan fingerprint density at radius 3 is 2.74 bits per heavy atom. The molecule has 0 aliphatic heterocycles. The Labute approximate surface area is 142 Å². The van der Waals surface area contributed by atoms with Gasteiger partial charge >= 0.3 is 0 Å². The Balaban J connectivity index is 1.89. The molecule has 1 amide bonds. The number of halogens is 1. The van der Waals surface area contributed by atoms with Gasteiger partial charge in [-0.05, 0) is 24.7 Å². The van der Waals surface area contributed by atoms with Crippen LogP contribution >= 0.6 is 11.6 Å². The third-order valence-corrected chi connectivity index (χ3v) is 4.16. The monoisotopic (exact) mass is 334 g/mol. The molecule has 6 heteroatoms. The van der Waals surface area contributed by atoms with Gasteiger partial charge in [-0.2, -0.15) is 5.10 Å². The lowest BCUT2D eigenvalue weighted by Gasteiger charge is -2.17. The van der Waals surface area contributed by atoms with Crippen molar-refractivity contribution in [3.63, 3.8) is 0 Å². The molecule has 0 radical (unpaired) electrons. The van der Waals surface area contributed by atoms with E-state index in [0.29, 0.717) is 23.7 Å². The maximum absolute atomic E-state index is 12.1. The quantitative estimate of drug-likeness (QED) is 0.807. The van der Waals surface area contributed by atoms with E-state index in [0.717, 1.165) is 25.2 Å². The van der Waals surface area contributed by atoms with E-state index in [2.05, 4.69) is 29.2 Å². The molecule has 0 unspecified atom stereocenters. The predicted octanol–water partition coefficient (Wildman–Crippen LogP) is 2.66. The Morgan fingerprint density at radius 2 is 2.04 bits per heavy atom. The highest BCUT2D eigenvalue weighted by molar-refractivity contribution is 6.31. The molecule has 0 atom stereocenters. The summed E-state index contributed by atoms with van der Waals surface area (Å²) in [7, 11) is 0. The zero-order chi connectivity index (χ0) is 16.7. The number of rotatable bonds is 8. The van der Waals surface area contributed by atoms with Gasteiger partial charge in [0.1, 0.15) is 0 Å². The Morgan fingerprint density at radius 1 is 1.30 bits per heavy atom. The molecule has 0 aliphatic carbocycles. The summed E-state index contributed by atoms with van der Waals surface area (Å²) in [5.41, 5.74) is 1.54. The van der Waals surface area contributed by atoms with Crippen molar-refractivity contribution in [2.75, 3.05) is 26.2 Å². The maximum Gasteiger partial charge on any atom is 0.254 e. The van der Waals surface area contributed by atoms with Gasteiger partial charge in [-0.3, -0.25) is 9.48 Å². The lowest BCUT2D eigenvalue weighted by Crippen LogP contribution is -2.34. The van der Waals surface area contributed by atoms with E-state index in [9.17, 15) is 4.79 Å². The van der Waals surface area contributed by atoms with Crippen molar-refractivity contribution >= 4 is 17.5 Å². The number of carbonyl (C=O) groups is 1. The van der Waals surface area contributed by atoms with Gasteiger partial charge in [-0.25, -0.2) is 0 Å². The average molecular weight is 335 g/mol. The first-order chi connectivity index (χ1) is 11.1. The maximum atomic E-state index is 12.1. The molecule has 0 spiro atoms. The number of nitrogens with zero attached hydrogens (tertiary/aromatic N) is 3. The van der Waals surface area contributed by atoms with Gasteiger partial charge in [-0.15, -0.1) is 0 Å². The SMILES string of the molecule is CCN(CC)CCNC(=O)c1cnn(Cc2ccccc2Cl)c1. The van der Waals surface area contributed by atoms with Gasteiger partial charge < -0.3 is 10.2 Å². The summed E-state index contributed by atoms with van der Waals surface area (Å²) in [4.78, 5) is 14.4. The molecular weight excluding hydrogens is 312 g/mol. The Kier molecular flexibility index (Phi) is 6.62. The molecule has 1 aromatic carbocycles. The summed E-state index contributed by atoms with van der Waals surface area (Å²) in [6.45, 7) is 8.24. The molecule has 23 heavy (non-hydrogen) atoms. The van der Waals surface area contributed by atoms with E-state index in [1.165, 1.54) is 0 Å². The van der Waals surface area contributed by atoms with Crippen LogP contribution in [0.25, 0.3) is 0 Å². The minimum absolute atomic E-state index is 0.0948. The zero-order valence-corrected chi connectivity index (χ0v) is 14.4. The van der Waals surface area contributed by atoms with Crippen LogP contribution in [0.5, 0.6) is 0 Å². The van der Waals surface area contributed by atoms with Crippen LogP contribution in [-0.2, 0) is 6.54 Å². The molecule has 124 valence electrons. The molecule has 0 saturated heterocycles. The topological polar surface area (TPSA) is 50.2 Å². The number of aromatic nitrogens is 2. The molecule has 1 N–H and O–H groups in total. The zero-order valence-electron chi connectivity index (χ0n) is 13.6. The fraction of sp³-hybridized carbons (Fsp3) is 0.412. The third-order valence-electron chi connectivity index (χ3n) is 3.79. The molecule has 0 aliphatic rings. The predicted molar refractivity (Wildman–Crippen MR) is 92.9 cm³/mol. The van der Waals surface area contributed by atoms with E-state index >= 15 is 0 Å². The first-order valence-electron chi connectivity index (χ1n) is 7.90. The third kappa shape index (κ3) is 5.08. The fourth-order valence-electron chi connectivity index (χ4n) is 2.34. The summed E-state index contributed by atoms with van der Waals surface area (Å²) in [5, 5.41) is 7.86. The molecule has 2 aromatic rings. The van der Waals surface area contributed by atoms with Crippen molar-refractivity contribution in [1.29, 1.82) is 0 Å². The van der Waals surface area contributed by atoms with Crippen molar-refractivity contribution in [2.45, 2.75) is 20.4 Å². The van der Waals surface area contributed by atoms with Gasteiger partial charge in [-0.1, -0.05) is 43.6 Å². The molecule has 2 rings (SSSR count). The van der Waals surface area contributed by atoms with Crippen LogP contribution in [0.3, 0.4) is 0 Å².